The highest BCUT2D eigenvalue weighted by Crippen LogP contribution is 2.38. The van der Waals surface area contributed by atoms with Gasteiger partial charge in [-0.2, -0.15) is 0 Å². The van der Waals surface area contributed by atoms with Crippen molar-refractivity contribution in [2.24, 2.45) is 0 Å². The lowest BCUT2D eigenvalue weighted by atomic mass is 10.2. The van der Waals surface area contributed by atoms with Crippen molar-refractivity contribution in [3.63, 3.8) is 0 Å². The van der Waals surface area contributed by atoms with Crippen molar-refractivity contribution >= 4 is 52.5 Å². The molecule has 0 atom stereocenters. The Morgan fingerprint density at radius 2 is 1.88 bits per heavy atom. The molecule has 1 aliphatic heterocycles. The molecule has 136 valence electrons. The number of hydrogen-bond donors (Lipinski definition) is 1. The van der Waals surface area contributed by atoms with Gasteiger partial charge in [0.25, 0.3) is 5.91 Å². The first-order chi connectivity index (χ1) is 12.4. The maximum atomic E-state index is 12.1. The van der Waals surface area contributed by atoms with Crippen LogP contribution in [0.2, 0.25) is 15.1 Å². The van der Waals surface area contributed by atoms with Crippen molar-refractivity contribution in [2.75, 3.05) is 25.1 Å². The Balaban J connectivity index is 1.61. The number of esters is 1. The van der Waals surface area contributed by atoms with Gasteiger partial charge in [-0.25, -0.2) is 9.78 Å². The summed E-state index contributed by atoms with van der Waals surface area (Å²) in [5, 5.41) is 3.13. The molecule has 2 heterocycles. The summed E-state index contributed by atoms with van der Waals surface area (Å²) in [4.78, 5) is 27.9. The van der Waals surface area contributed by atoms with Gasteiger partial charge in [0.05, 0.1) is 20.6 Å². The quantitative estimate of drug-likeness (QED) is 0.765. The molecule has 1 N–H and O–H groups in total. The van der Waals surface area contributed by atoms with Gasteiger partial charge in [-0.1, -0.05) is 34.8 Å². The minimum Gasteiger partial charge on any atom is -0.486 e. The average Bonchev–Trinajstić information content (AvgIpc) is 2.62. The van der Waals surface area contributed by atoms with E-state index in [4.69, 9.17) is 49.0 Å². The van der Waals surface area contributed by atoms with E-state index in [1.54, 1.807) is 0 Å². The minimum atomic E-state index is -0.741. The molecule has 0 saturated carbocycles. The normalized spacial score (nSPS) is 12.4. The lowest BCUT2D eigenvalue weighted by Gasteiger charge is -2.19. The van der Waals surface area contributed by atoms with Crippen LogP contribution < -0.4 is 14.8 Å². The Morgan fingerprint density at radius 3 is 2.65 bits per heavy atom. The summed E-state index contributed by atoms with van der Waals surface area (Å²) in [5.74, 6) is -0.527. The Kier molecular flexibility index (Phi) is 5.70. The van der Waals surface area contributed by atoms with Crippen LogP contribution in [0.5, 0.6) is 11.5 Å². The Labute approximate surface area is 163 Å². The number of carbonyl (C=O) groups excluding carboxylic acids is 2. The van der Waals surface area contributed by atoms with Gasteiger partial charge in [0, 0.05) is 6.20 Å². The van der Waals surface area contributed by atoms with E-state index in [1.165, 1.54) is 24.4 Å². The second-order valence-electron chi connectivity index (χ2n) is 5.09. The lowest BCUT2D eigenvalue weighted by Crippen LogP contribution is -2.22. The Bertz CT molecular complexity index is 875. The van der Waals surface area contributed by atoms with Gasteiger partial charge in [-0.3, -0.25) is 4.79 Å². The molecule has 0 aliphatic carbocycles. The molecule has 1 aliphatic rings. The van der Waals surface area contributed by atoms with Crippen molar-refractivity contribution in [3.05, 3.63) is 45.0 Å². The molecule has 7 nitrogen and oxygen atoms in total. The number of fused-ring (bicyclic) bond motifs is 1. The third-order valence-corrected chi connectivity index (χ3v) is 4.01. The maximum absolute atomic E-state index is 12.1. The molecular formula is C16H11Cl3N2O5. The summed E-state index contributed by atoms with van der Waals surface area (Å²) in [6, 6.07) is 4.25. The summed E-state index contributed by atoms with van der Waals surface area (Å²) in [5.41, 5.74) is 0.134. The van der Waals surface area contributed by atoms with Crippen LogP contribution in [0.1, 0.15) is 10.4 Å². The Morgan fingerprint density at radius 1 is 1.12 bits per heavy atom. The monoisotopic (exact) mass is 416 g/mol. The second-order valence-corrected chi connectivity index (χ2v) is 6.34. The van der Waals surface area contributed by atoms with Crippen LogP contribution in [0, 0.1) is 0 Å². The fourth-order valence-electron chi connectivity index (χ4n) is 2.12. The first-order valence-electron chi connectivity index (χ1n) is 7.31. The molecular weight excluding hydrogens is 407 g/mol. The van der Waals surface area contributed by atoms with Crippen LogP contribution in [-0.2, 0) is 9.53 Å². The first kappa shape index (κ1) is 18.6. The maximum Gasteiger partial charge on any atom is 0.338 e. The summed E-state index contributed by atoms with van der Waals surface area (Å²) in [6.45, 7) is 0.183. The molecule has 1 aromatic carbocycles. The van der Waals surface area contributed by atoms with Crippen LogP contribution >= 0.6 is 34.8 Å². The highest BCUT2D eigenvalue weighted by Gasteiger charge is 2.20. The number of benzene rings is 1. The van der Waals surface area contributed by atoms with Gasteiger partial charge < -0.3 is 19.5 Å². The number of rotatable bonds is 4. The summed E-state index contributed by atoms with van der Waals surface area (Å²) in [6.07, 6.45) is 1.33. The molecule has 3 rings (SSSR count). The fraction of sp³-hybridized carbons (Fsp3) is 0.188. The van der Waals surface area contributed by atoms with E-state index < -0.39 is 18.5 Å². The number of hydrogen-bond acceptors (Lipinski definition) is 6. The number of ether oxygens (including phenoxy) is 3. The van der Waals surface area contributed by atoms with Crippen molar-refractivity contribution in [3.8, 4) is 11.5 Å². The van der Waals surface area contributed by atoms with Crippen molar-refractivity contribution < 1.29 is 23.8 Å². The summed E-state index contributed by atoms with van der Waals surface area (Å²) >= 11 is 17.7. The smallest absolute Gasteiger partial charge is 0.338 e. The molecule has 10 heteroatoms. The van der Waals surface area contributed by atoms with Gasteiger partial charge in [0.15, 0.2) is 23.9 Å². The number of halogens is 3. The first-order valence-corrected chi connectivity index (χ1v) is 8.44. The summed E-state index contributed by atoms with van der Waals surface area (Å²) < 4.78 is 15.7. The predicted molar refractivity (Wildman–Crippen MR) is 95.6 cm³/mol. The van der Waals surface area contributed by atoms with Crippen molar-refractivity contribution in [1.82, 2.24) is 4.98 Å². The highest BCUT2D eigenvalue weighted by molar-refractivity contribution is 6.36. The van der Waals surface area contributed by atoms with Gasteiger partial charge in [0.1, 0.15) is 13.2 Å². The molecule has 1 amide bonds. The molecule has 0 fully saturated rings. The van der Waals surface area contributed by atoms with Crippen LogP contribution in [0.3, 0.4) is 0 Å². The number of pyridine rings is 1. The molecule has 0 spiro atoms. The van der Waals surface area contributed by atoms with Gasteiger partial charge in [-0.05, 0) is 18.2 Å². The molecule has 0 unspecified atom stereocenters. The van der Waals surface area contributed by atoms with Crippen LogP contribution in [-0.4, -0.2) is 36.7 Å². The molecule has 0 bridgehead atoms. The zero-order valence-corrected chi connectivity index (χ0v) is 15.3. The van der Waals surface area contributed by atoms with E-state index in [-0.39, 0.29) is 21.4 Å². The number of carbonyl (C=O) groups is 2. The standard InChI is InChI=1S/C16H11Cl3N2O5/c17-9-5-11(19)15(20-6-9)21-13(22)7-26-16(23)8-3-10(18)14-12(4-8)24-1-2-25-14/h3-6H,1-2,7H2,(H,20,21,22). The Hall–Kier alpha value is -2.22. The molecule has 1 aromatic heterocycles. The molecule has 0 saturated heterocycles. The van der Waals surface area contributed by atoms with Crippen molar-refractivity contribution in [2.45, 2.75) is 0 Å². The fourth-order valence-corrected chi connectivity index (χ4v) is 2.81. The highest BCUT2D eigenvalue weighted by atomic mass is 35.5. The third-order valence-electron chi connectivity index (χ3n) is 3.23. The van der Waals surface area contributed by atoms with Crippen LogP contribution in [0.25, 0.3) is 0 Å². The topological polar surface area (TPSA) is 86.8 Å². The average molecular weight is 418 g/mol. The van der Waals surface area contributed by atoms with E-state index in [2.05, 4.69) is 10.3 Å². The van der Waals surface area contributed by atoms with E-state index in [1.807, 2.05) is 0 Å². The number of aromatic nitrogens is 1. The van der Waals surface area contributed by atoms with E-state index in [0.29, 0.717) is 29.7 Å². The zero-order valence-electron chi connectivity index (χ0n) is 13.1. The molecule has 2 aromatic rings. The third kappa shape index (κ3) is 4.30. The van der Waals surface area contributed by atoms with Gasteiger partial charge in [-0.15, -0.1) is 0 Å². The van der Waals surface area contributed by atoms with Crippen LogP contribution in [0.4, 0.5) is 5.82 Å². The summed E-state index contributed by atoms with van der Waals surface area (Å²) in [7, 11) is 0. The van der Waals surface area contributed by atoms with E-state index in [0.717, 1.165) is 0 Å². The lowest BCUT2D eigenvalue weighted by molar-refractivity contribution is -0.119. The minimum absolute atomic E-state index is 0.111. The molecule has 0 radical (unpaired) electrons. The van der Waals surface area contributed by atoms with Crippen LogP contribution in [0.15, 0.2) is 24.4 Å². The van der Waals surface area contributed by atoms with Crippen molar-refractivity contribution in [1.29, 1.82) is 0 Å². The number of anilines is 1. The number of amides is 1. The van der Waals surface area contributed by atoms with E-state index >= 15 is 0 Å². The predicted octanol–water partition coefficient (Wildman–Crippen LogP) is 3.61. The largest absolute Gasteiger partial charge is 0.486 e. The van der Waals surface area contributed by atoms with Gasteiger partial charge in [0.2, 0.25) is 0 Å². The van der Waals surface area contributed by atoms with Gasteiger partial charge >= 0.3 is 5.97 Å². The zero-order chi connectivity index (χ0) is 18.7. The second kappa shape index (κ2) is 7.99. The number of nitrogens with one attached hydrogen (secondary N) is 1. The molecule has 26 heavy (non-hydrogen) atoms. The van der Waals surface area contributed by atoms with E-state index in [9.17, 15) is 9.59 Å². The SMILES string of the molecule is O=C(COC(=O)c1cc(Cl)c2c(c1)OCCO2)Nc1ncc(Cl)cc1Cl. The number of nitrogens with zero attached hydrogens (tertiary/aromatic N) is 1.